The summed E-state index contributed by atoms with van der Waals surface area (Å²) < 4.78 is 26.8. The third-order valence-electron chi connectivity index (χ3n) is 5.22. The summed E-state index contributed by atoms with van der Waals surface area (Å²) in [6, 6.07) is 4.70. The highest BCUT2D eigenvalue weighted by atomic mass is 19.1. The van der Waals surface area contributed by atoms with Crippen molar-refractivity contribution in [3.8, 4) is 11.8 Å². The summed E-state index contributed by atoms with van der Waals surface area (Å²) in [7, 11) is 2.89. The summed E-state index contributed by atoms with van der Waals surface area (Å²) in [6.07, 6.45) is 1.21. The average Bonchev–Trinajstić information content (AvgIpc) is 3.14. The number of benzene rings is 1. The smallest absolute Gasteiger partial charge is 0.414 e. The van der Waals surface area contributed by atoms with Crippen LogP contribution in [0.3, 0.4) is 0 Å². The van der Waals surface area contributed by atoms with Crippen molar-refractivity contribution in [3.05, 3.63) is 35.3 Å². The Hall–Kier alpha value is -3.51. The van der Waals surface area contributed by atoms with E-state index in [9.17, 15) is 19.4 Å². The fourth-order valence-electron chi connectivity index (χ4n) is 3.59. The average molecular weight is 477 g/mol. The molecule has 1 amide bonds. The number of anilines is 1. The molecule has 0 radical (unpaired) electrons. The van der Waals surface area contributed by atoms with Crippen molar-refractivity contribution in [2.75, 3.05) is 26.1 Å². The van der Waals surface area contributed by atoms with E-state index >= 15 is 0 Å². The number of nitrogens with one attached hydrogen (secondary N) is 2. The lowest BCUT2D eigenvalue weighted by atomic mass is 10.1. The van der Waals surface area contributed by atoms with Gasteiger partial charge in [-0.05, 0) is 24.5 Å². The van der Waals surface area contributed by atoms with Crippen molar-refractivity contribution in [1.82, 2.24) is 25.1 Å². The number of methoxy groups -OCH3 is 1. The van der Waals surface area contributed by atoms with Gasteiger partial charge >= 0.3 is 12.1 Å². The Morgan fingerprint density at radius 3 is 2.71 bits per heavy atom. The second kappa shape index (κ2) is 11.6. The maximum atomic E-state index is 14.9. The second-order valence-electron chi connectivity index (χ2n) is 7.59. The molecule has 0 aliphatic heterocycles. The number of amides is 1. The Bertz CT molecular complexity index is 1130. The number of hydrogen-bond donors (Lipinski definition) is 4. The quantitative estimate of drug-likeness (QED) is 0.327. The van der Waals surface area contributed by atoms with Gasteiger partial charge in [0.2, 0.25) is 0 Å². The number of halogens is 1. The molecule has 3 aromatic rings. The highest BCUT2D eigenvalue weighted by Gasteiger charge is 2.23. The number of rotatable bonds is 11. The molecule has 0 bridgehead atoms. The first-order valence-electron chi connectivity index (χ1n) is 10.9. The Labute approximate surface area is 195 Å². The summed E-state index contributed by atoms with van der Waals surface area (Å²) in [5.41, 5.74) is 1.52. The van der Waals surface area contributed by atoms with Gasteiger partial charge in [0.25, 0.3) is 5.95 Å². The van der Waals surface area contributed by atoms with Crippen molar-refractivity contribution in [2.45, 2.75) is 45.4 Å². The Kier molecular flexibility index (Phi) is 8.55. The minimum absolute atomic E-state index is 0.0461. The van der Waals surface area contributed by atoms with Gasteiger partial charge < -0.3 is 30.3 Å². The molecule has 0 spiro atoms. The van der Waals surface area contributed by atoms with Gasteiger partial charge in [0.05, 0.1) is 20.3 Å². The summed E-state index contributed by atoms with van der Waals surface area (Å²) in [5.74, 6) is -0.129. The first-order chi connectivity index (χ1) is 16.4. The van der Waals surface area contributed by atoms with Gasteiger partial charge in [-0.15, -0.1) is 5.10 Å². The molecule has 2 aromatic heterocycles. The number of aliphatic hydroxyl groups excluding tert-OH is 2. The maximum absolute atomic E-state index is 14.9. The first kappa shape index (κ1) is 25.1. The Morgan fingerprint density at radius 2 is 2.06 bits per heavy atom. The van der Waals surface area contributed by atoms with E-state index in [1.54, 1.807) is 18.2 Å². The van der Waals surface area contributed by atoms with Gasteiger partial charge in [-0.3, -0.25) is 4.68 Å². The minimum Gasteiger partial charge on any atom is -0.496 e. The number of carbonyl (C=O) groups is 1. The molecule has 1 aromatic carbocycles. The summed E-state index contributed by atoms with van der Waals surface area (Å²) in [6.45, 7) is 1.95. The zero-order valence-electron chi connectivity index (χ0n) is 19.3. The molecule has 0 fully saturated rings. The first-order valence-corrected chi connectivity index (χ1v) is 10.9. The molecule has 12 heteroatoms. The predicted molar refractivity (Wildman–Crippen MR) is 122 cm³/mol. The maximum Gasteiger partial charge on any atom is 0.414 e. The van der Waals surface area contributed by atoms with E-state index in [0.29, 0.717) is 23.3 Å². The van der Waals surface area contributed by atoms with Crippen LogP contribution in [0, 0.1) is 5.95 Å². The van der Waals surface area contributed by atoms with Crippen molar-refractivity contribution in [3.63, 3.8) is 0 Å². The van der Waals surface area contributed by atoms with Crippen LogP contribution in [0.2, 0.25) is 0 Å². The molecule has 0 unspecified atom stereocenters. The van der Waals surface area contributed by atoms with Crippen molar-refractivity contribution in [1.29, 1.82) is 0 Å². The molecular formula is C22H29FN6O5. The van der Waals surface area contributed by atoms with Crippen LogP contribution >= 0.6 is 0 Å². The molecule has 0 aliphatic carbocycles. The van der Waals surface area contributed by atoms with Crippen LogP contribution < -0.4 is 20.1 Å². The van der Waals surface area contributed by atoms with Gasteiger partial charge in [0.1, 0.15) is 11.3 Å². The lowest BCUT2D eigenvalue weighted by molar-refractivity contribution is 0.199. The molecule has 11 nitrogen and oxygen atoms in total. The van der Waals surface area contributed by atoms with E-state index in [1.807, 2.05) is 6.92 Å². The summed E-state index contributed by atoms with van der Waals surface area (Å²) >= 11 is 0. The van der Waals surface area contributed by atoms with Crippen LogP contribution in [0.1, 0.15) is 37.3 Å². The van der Waals surface area contributed by atoms with Crippen LogP contribution in [0.15, 0.2) is 18.2 Å². The molecule has 1 atom stereocenters. The van der Waals surface area contributed by atoms with Crippen molar-refractivity contribution < 1.29 is 28.9 Å². The fourth-order valence-corrected chi connectivity index (χ4v) is 3.59. The zero-order valence-corrected chi connectivity index (χ0v) is 19.3. The number of ether oxygens (including phenoxy) is 2. The highest BCUT2D eigenvalue weighted by Crippen LogP contribution is 2.29. The topological polar surface area (TPSA) is 144 Å². The van der Waals surface area contributed by atoms with E-state index in [4.69, 9.17) is 9.47 Å². The molecular weight excluding hydrogens is 447 g/mol. The number of fused-ring (bicyclic) bond motifs is 1. The molecule has 0 saturated carbocycles. The van der Waals surface area contributed by atoms with Crippen LogP contribution in [0.5, 0.6) is 11.8 Å². The van der Waals surface area contributed by atoms with Crippen LogP contribution in [-0.4, -0.2) is 62.9 Å². The van der Waals surface area contributed by atoms with Gasteiger partial charge in [0, 0.05) is 25.3 Å². The van der Waals surface area contributed by atoms with E-state index in [0.717, 1.165) is 12.8 Å². The second-order valence-corrected chi connectivity index (χ2v) is 7.59. The number of aromatic nitrogens is 4. The zero-order chi connectivity index (χ0) is 24.7. The molecule has 2 heterocycles. The molecule has 184 valence electrons. The third kappa shape index (κ3) is 5.69. The molecule has 4 N–H and O–H groups in total. The normalized spacial score (nSPS) is 11.9. The van der Waals surface area contributed by atoms with E-state index < -0.39 is 12.0 Å². The fraction of sp³-hybridized carbons (Fsp3) is 0.455. The molecule has 0 aliphatic rings. The van der Waals surface area contributed by atoms with Gasteiger partial charge in [-0.2, -0.15) is 14.4 Å². The standard InChI is InChI=1S/C22H29FN6O5/c1-4-5-15(8-9-30)25-20-18-17(26-21(27-20)34-22(32)24-2)19(23)28-29(18)11-14-7-6-13(12-31)10-16(14)33-3/h6-7,10,15,30-31H,4-5,8-9,11-12H2,1-3H3,(H,24,32)(H,25,26,27)/t15-/m0/s1. The largest absolute Gasteiger partial charge is 0.496 e. The number of hydrogen-bond acceptors (Lipinski definition) is 9. The van der Waals surface area contributed by atoms with Crippen LogP contribution in [-0.2, 0) is 13.2 Å². The molecule has 3 rings (SSSR count). The van der Waals surface area contributed by atoms with Gasteiger partial charge in [-0.1, -0.05) is 25.5 Å². The molecule has 0 saturated heterocycles. The van der Waals surface area contributed by atoms with E-state index in [2.05, 4.69) is 25.7 Å². The third-order valence-corrected chi connectivity index (χ3v) is 5.22. The summed E-state index contributed by atoms with van der Waals surface area (Å²) in [4.78, 5) is 20.0. The SMILES string of the molecule is CCC[C@@H](CCO)Nc1nc(OC(=O)NC)nc2c(F)nn(Cc3ccc(CO)cc3OC)c12. The Morgan fingerprint density at radius 1 is 1.26 bits per heavy atom. The van der Waals surface area contributed by atoms with Gasteiger partial charge in [0.15, 0.2) is 11.3 Å². The lowest BCUT2D eigenvalue weighted by Crippen LogP contribution is -2.25. The monoisotopic (exact) mass is 476 g/mol. The van der Waals surface area contributed by atoms with Crippen molar-refractivity contribution >= 4 is 22.9 Å². The van der Waals surface area contributed by atoms with E-state index in [1.165, 1.54) is 18.8 Å². The number of aliphatic hydroxyl groups is 2. The predicted octanol–water partition coefficient (Wildman–Crippen LogP) is 2.20. The number of carbonyl (C=O) groups excluding carboxylic acids is 1. The molecule has 34 heavy (non-hydrogen) atoms. The lowest BCUT2D eigenvalue weighted by Gasteiger charge is -2.19. The highest BCUT2D eigenvalue weighted by molar-refractivity contribution is 5.87. The summed E-state index contributed by atoms with van der Waals surface area (Å²) in [5, 5.41) is 28.4. The number of nitrogens with zero attached hydrogens (tertiary/aromatic N) is 4. The van der Waals surface area contributed by atoms with Gasteiger partial charge in [-0.25, -0.2) is 4.79 Å². The van der Waals surface area contributed by atoms with Crippen LogP contribution in [0.4, 0.5) is 15.0 Å². The van der Waals surface area contributed by atoms with Crippen LogP contribution in [0.25, 0.3) is 11.0 Å². The Balaban J connectivity index is 2.11. The van der Waals surface area contributed by atoms with E-state index in [-0.39, 0.29) is 48.7 Å². The van der Waals surface area contributed by atoms with Crippen molar-refractivity contribution in [2.24, 2.45) is 0 Å². The minimum atomic E-state index is -0.859.